The van der Waals surface area contributed by atoms with Crippen LogP contribution in [0.5, 0.6) is 0 Å². The van der Waals surface area contributed by atoms with Gasteiger partial charge in [0.15, 0.2) is 0 Å². The van der Waals surface area contributed by atoms with E-state index in [2.05, 4.69) is 4.74 Å². The van der Waals surface area contributed by atoms with Crippen LogP contribution in [0.25, 0.3) is 0 Å². The molecule has 0 aromatic carbocycles. The Kier molecular flexibility index (Phi) is 7.62. The molecule has 8 heteroatoms. The number of rotatable bonds is 9. The van der Waals surface area contributed by atoms with E-state index in [1.165, 1.54) is 7.11 Å². The van der Waals surface area contributed by atoms with Gasteiger partial charge in [0, 0.05) is 12.5 Å². The summed E-state index contributed by atoms with van der Waals surface area (Å²) in [6.07, 6.45) is 0.627. The van der Waals surface area contributed by atoms with Crippen LogP contribution in [0.3, 0.4) is 0 Å². The molecule has 0 aliphatic heterocycles. The Bertz CT molecular complexity index is 405. The summed E-state index contributed by atoms with van der Waals surface area (Å²) in [6.45, 7) is 2.87. The molecule has 0 saturated carbocycles. The van der Waals surface area contributed by atoms with Crippen molar-refractivity contribution in [2.24, 2.45) is 0 Å². The zero-order valence-electron chi connectivity index (χ0n) is 11.5. The van der Waals surface area contributed by atoms with E-state index in [1.807, 2.05) is 0 Å². The Hall–Kier alpha value is -1.15. The molecule has 112 valence electrons. The molecule has 0 radical (unpaired) electrons. The Morgan fingerprint density at radius 2 is 1.95 bits per heavy atom. The molecule has 0 aromatic rings. The van der Waals surface area contributed by atoms with Gasteiger partial charge in [-0.1, -0.05) is 6.92 Å². The normalized spacial score (nSPS) is 13.3. The third-order valence-corrected chi connectivity index (χ3v) is 4.75. The fourth-order valence-electron chi connectivity index (χ4n) is 1.48. The Morgan fingerprint density at radius 3 is 2.37 bits per heavy atom. The van der Waals surface area contributed by atoms with Crippen LogP contribution in [0.1, 0.15) is 33.1 Å². The smallest absolute Gasteiger partial charge is 0.318 e. The summed E-state index contributed by atoms with van der Waals surface area (Å²) < 4.78 is 29.5. The van der Waals surface area contributed by atoms with Crippen LogP contribution < -0.4 is 0 Å². The van der Waals surface area contributed by atoms with Crippen LogP contribution in [-0.2, 0) is 24.3 Å². The van der Waals surface area contributed by atoms with E-state index in [-0.39, 0.29) is 24.6 Å². The van der Waals surface area contributed by atoms with Gasteiger partial charge in [-0.25, -0.2) is 8.42 Å². The summed E-state index contributed by atoms with van der Waals surface area (Å²) in [6, 6.07) is -0.390. The van der Waals surface area contributed by atoms with Crippen molar-refractivity contribution < 1.29 is 27.9 Å². The average Bonchev–Trinajstić information content (AvgIpc) is 2.34. The quantitative estimate of drug-likeness (QED) is 0.620. The molecule has 1 atom stereocenters. The lowest BCUT2D eigenvalue weighted by molar-refractivity contribution is -0.140. The highest BCUT2D eigenvalue weighted by molar-refractivity contribution is 7.89. The van der Waals surface area contributed by atoms with Gasteiger partial charge in [0.2, 0.25) is 10.0 Å². The predicted molar refractivity (Wildman–Crippen MR) is 69.1 cm³/mol. The molecule has 0 saturated heterocycles. The summed E-state index contributed by atoms with van der Waals surface area (Å²) in [7, 11) is -2.46. The lowest BCUT2D eigenvalue weighted by Crippen LogP contribution is -2.43. The van der Waals surface area contributed by atoms with Gasteiger partial charge in [0.1, 0.15) is 6.54 Å². The van der Waals surface area contributed by atoms with Gasteiger partial charge in [-0.05, 0) is 19.8 Å². The van der Waals surface area contributed by atoms with Crippen LogP contribution in [-0.4, -0.2) is 55.2 Å². The second kappa shape index (κ2) is 8.11. The summed E-state index contributed by atoms with van der Waals surface area (Å²) in [5.74, 6) is -1.94. The van der Waals surface area contributed by atoms with Crippen molar-refractivity contribution in [2.45, 2.75) is 39.2 Å². The van der Waals surface area contributed by atoms with Gasteiger partial charge >= 0.3 is 11.9 Å². The largest absolute Gasteiger partial charge is 0.480 e. The molecule has 0 rings (SSSR count). The molecule has 1 unspecified atom stereocenters. The monoisotopic (exact) mass is 295 g/mol. The van der Waals surface area contributed by atoms with E-state index in [0.29, 0.717) is 6.42 Å². The van der Waals surface area contributed by atoms with Crippen molar-refractivity contribution >= 4 is 22.0 Å². The standard InChI is InChI=1S/C11H21NO6S/c1-4-9(2)12(8-10(13)14)19(16,17)7-5-6-11(15)18-3/h9H,4-8H2,1-3H3,(H,13,14). The minimum atomic E-state index is -3.69. The third-order valence-electron chi connectivity index (χ3n) is 2.74. The summed E-state index contributed by atoms with van der Waals surface area (Å²) in [5.41, 5.74) is 0. The third kappa shape index (κ3) is 6.53. The number of ether oxygens (including phenoxy) is 1. The fourth-order valence-corrected chi connectivity index (χ4v) is 3.23. The molecule has 0 heterocycles. The van der Waals surface area contributed by atoms with Crippen molar-refractivity contribution in [3.63, 3.8) is 0 Å². The number of carbonyl (C=O) groups excluding carboxylic acids is 1. The second-order valence-corrected chi connectivity index (χ2v) is 6.23. The molecule has 1 N–H and O–H groups in total. The van der Waals surface area contributed by atoms with E-state index in [1.54, 1.807) is 13.8 Å². The molecule has 0 amide bonds. The molecular weight excluding hydrogens is 274 g/mol. The number of hydrogen-bond donors (Lipinski definition) is 1. The fraction of sp³-hybridized carbons (Fsp3) is 0.818. The van der Waals surface area contributed by atoms with Crippen LogP contribution in [0.4, 0.5) is 0 Å². The highest BCUT2D eigenvalue weighted by Crippen LogP contribution is 2.12. The first-order valence-electron chi connectivity index (χ1n) is 6.02. The molecule has 0 aliphatic rings. The molecule has 0 bridgehead atoms. The number of carboxylic acids is 1. The SMILES string of the molecule is CCC(C)N(CC(=O)O)S(=O)(=O)CCCC(=O)OC. The van der Waals surface area contributed by atoms with Gasteiger partial charge < -0.3 is 9.84 Å². The first-order valence-corrected chi connectivity index (χ1v) is 7.63. The number of nitrogens with zero attached hydrogens (tertiary/aromatic N) is 1. The molecule has 0 spiro atoms. The molecule has 19 heavy (non-hydrogen) atoms. The summed E-state index contributed by atoms with van der Waals surface area (Å²) in [4.78, 5) is 21.6. The Morgan fingerprint density at radius 1 is 1.37 bits per heavy atom. The molecule has 7 nitrogen and oxygen atoms in total. The minimum Gasteiger partial charge on any atom is -0.480 e. The zero-order chi connectivity index (χ0) is 15.1. The van der Waals surface area contributed by atoms with E-state index in [4.69, 9.17) is 5.11 Å². The highest BCUT2D eigenvalue weighted by atomic mass is 32.2. The van der Waals surface area contributed by atoms with E-state index < -0.39 is 28.5 Å². The van der Waals surface area contributed by atoms with Crippen LogP contribution >= 0.6 is 0 Å². The van der Waals surface area contributed by atoms with E-state index in [9.17, 15) is 18.0 Å². The second-order valence-electron chi connectivity index (χ2n) is 4.19. The summed E-state index contributed by atoms with van der Waals surface area (Å²) in [5, 5.41) is 8.76. The van der Waals surface area contributed by atoms with Crippen molar-refractivity contribution in [1.29, 1.82) is 0 Å². The maximum atomic E-state index is 12.0. The number of carbonyl (C=O) groups is 2. The minimum absolute atomic E-state index is 0.00283. The highest BCUT2D eigenvalue weighted by Gasteiger charge is 2.28. The van der Waals surface area contributed by atoms with Crippen LogP contribution in [0.15, 0.2) is 0 Å². The molecular formula is C11H21NO6S. The lowest BCUT2D eigenvalue weighted by atomic mass is 10.2. The van der Waals surface area contributed by atoms with Crippen molar-refractivity contribution in [2.75, 3.05) is 19.4 Å². The number of methoxy groups -OCH3 is 1. The van der Waals surface area contributed by atoms with Gasteiger partial charge in [0.05, 0.1) is 12.9 Å². The van der Waals surface area contributed by atoms with Crippen LogP contribution in [0.2, 0.25) is 0 Å². The number of aliphatic carboxylic acids is 1. The molecule has 0 aliphatic carbocycles. The first-order chi connectivity index (χ1) is 8.74. The zero-order valence-corrected chi connectivity index (χ0v) is 12.3. The van der Waals surface area contributed by atoms with Crippen LogP contribution in [0, 0.1) is 0 Å². The van der Waals surface area contributed by atoms with Crippen molar-refractivity contribution in [3.8, 4) is 0 Å². The van der Waals surface area contributed by atoms with Crippen molar-refractivity contribution in [1.82, 2.24) is 4.31 Å². The predicted octanol–water partition coefficient (Wildman–Crippen LogP) is 0.454. The van der Waals surface area contributed by atoms with Gasteiger partial charge in [-0.15, -0.1) is 0 Å². The van der Waals surface area contributed by atoms with Gasteiger partial charge in [0.25, 0.3) is 0 Å². The lowest BCUT2D eigenvalue weighted by Gasteiger charge is -2.25. The topological polar surface area (TPSA) is 101 Å². The van der Waals surface area contributed by atoms with E-state index in [0.717, 1.165) is 4.31 Å². The molecule has 0 fully saturated rings. The number of sulfonamides is 1. The summed E-state index contributed by atoms with van der Waals surface area (Å²) >= 11 is 0. The van der Waals surface area contributed by atoms with Gasteiger partial charge in [-0.3, -0.25) is 9.59 Å². The number of esters is 1. The maximum absolute atomic E-state index is 12.0. The first kappa shape index (κ1) is 17.8. The Labute approximate surface area is 113 Å². The van der Waals surface area contributed by atoms with Gasteiger partial charge in [-0.2, -0.15) is 4.31 Å². The average molecular weight is 295 g/mol. The number of hydrogen-bond acceptors (Lipinski definition) is 5. The Balaban J connectivity index is 4.69. The van der Waals surface area contributed by atoms with E-state index >= 15 is 0 Å². The number of carboxylic acid groups (broad SMARTS) is 1. The maximum Gasteiger partial charge on any atom is 0.318 e. The van der Waals surface area contributed by atoms with Crippen molar-refractivity contribution in [3.05, 3.63) is 0 Å². The molecule has 0 aromatic heterocycles.